The molecular formula is C12H14N2O. The molecule has 0 spiro atoms. The highest BCUT2D eigenvalue weighted by atomic mass is 16.1. The first-order chi connectivity index (χ1) is 7.19. The summed E-state index contributed by atoms with van der Waals surface area (Å²) in [6.07, 6.45) is 0. The highest BCUT2D eigenvalue weighted by molar-refractivity contribution is 5.94. The summed E-state index contributed by atoms with van der Waals surface area (Å²) in [6.45, 7) is 2.27. The quantitative estimate of drug-likeness (QED) is 0.657. The third kappa shape index (κ3) is 2.83. The predicted octanol–water partition coefficient (Wildman–Crippen LogP) is 0.665. The summed E-state index contributed by atoms with van der Waals surface area (Å²) in [7, 11) is 1.61. The van der Waals surface area contributed by atoms with Crippen molar-refractivity contribution >= 4 is 5.91 Å². The predicted molar refractivity (Wildman–Crippen MR) is 60.5 cm³/mol. The van der Waals surface area contributed by atoms with Crippen LogP contribution in [0.5, 0.6) is 0 Å². The molecule has 1 aromatic carbocycles. The molecule has 0 saturated carbocycles. The first-order valence-electron chi connectivity index (χ1n) is 4.70. The first-order valence-corrected chi connectivity index (χ1v) is 4.70. The van der Waals surface area contributed by atoms with Gasteiger partial charge in [0.1, 0.15) is 0 Å². The van der Waals surface area contributed by atoms with Gasteiger partial charge in [-0.1, -0.05) is 11.8 Å². The summed E-state index contributed by atoms with van der Waals surface area (Å²) in [5.74, 6) is 5.65. The van der Waals surface area contributed by atoms with Gasteiger partial charge in [-0.2, -0.15) is 0 Å². The lowest BCUT2D eigenvalue weighted by molar-refractivity contribution is 0.0963. The van der Waals surface area contributed by atoms with E-state index in [1.54, 1.807) is 13.1 Å². The summed E-state index contributed by atoms with van der Waals surface area (Å²) in [5, 5.41) is 2.58. The van der Waals surface area contributed by atoms with Crippen LogP contribution in [-0.2, 0) is 0 Å². The van der Waals surface area contributed by atoms with Gasteiger partial charge in [0.25, 0.3) is 5.91 Å². The Balaban J connectivity index is 3.03. The number of carbonyl (C=O) groups excluding carboxylic acids is 1. The minimum atomic E-state index is -0.0866. The summed E-state index contributed by atoms with van der Waals surface area (Å²) in [6, 6.07) is 5.41. The molecule has 1 amide bonds. The zero-order chi connectivity index (χ0) is 11.3. The van der Waals surface area contributed by atoms with Crippen molar-refractivity contribution in [3.63, 3.8) is 0 Å². The van der Waals surface area contributed by atoms with Gasteiger partial charge in [0.15, 0.2) is 0 Å². The van der Waals surface area contributed by atoms with Crippen LogP contribution in [0.15, 0.2) is 18.2 Å². The van der Waals surface area contributed by atoms with Crippen molar-refractivity contribution in [2.75, 3.05) is 13.6 Å². The Kier molecular flexibility index (Phi) is 3.90. The maximum absolute atomic E-state index is 11.3. The van der Waals surface area contributed by atoms with E-state index in [-0.39, 0.29) is 5.91 Å². The van der Waals surface area contributed by atoms with Gasteiger partial charge >= 0.3 is 0 Å². The van der Waals surface area contributed by atoms with Gasteiger partial charge in [-0.05, 0) is 30.7 Å². The lowest BCUT2D eigenvalue weighted by Crippen LogP contribution is -2.17. The Bertz CT molecular complexity index is 427. The maximum atomic E-state index is 11.3. The van der Waals surface area contributed by atoms with Gasteiger partial charge in [0, 0.05) is 18.2 Å². The normalized spacial score (nSPS) is 9.00. The van der Waals surface area contributed by atoms with Crippen molar-refractivity contribution in [1.82, 2.24) is 5.32 Å². The Morgan fingerprint density at radius 2 is 2.27 bits per heavy atom. The largest absolute Gasteiger partial charge is 0.355 e. The number of hydrogen-bond acceptors (Lipinski definition) is 2. The van der Waals surface area contributed by atoms with Crippen molar-refractivity contribution in [2.45, 2.75) is 6.92 Å². The first kappa shape index (κ1) is 11.3. The molecule has 0 unspecified atom stereocenters. The number of hydrogen-bond donors (Lipinski definition) is 2. The van der Waals surface area contributed by atoms with Crippen LogP contribution in [-0.4, -0.2) is 19.5 Å². The third-order valence-corrected chi connectivity index (χ3v) is 2.04. The molecule has 3 nitrogen and oxygen atoms in total. The van der Waals surface area contributed by atoms with Crippen LogP contribution >= 0.6 is 0 Å². The molecule has 0 aliphatic heterocycles. The molecule has 3 N–H and O–H groups in total. The smallest absolute Gasteiger partial charge is 0.251 e. The lowest BCUT2D eigenvalue weighted by atomic mass is 10.1. The van der Waals surface area contributed by atoms with Gasteiger partial charge in [-0.15, -0.1) is 0 Å². The number of nitrogens with two attached hydrogens (primary N) is 1. The van der Waals surface area contributed by atoms with Gasteiger partial charge in [-0.25, -0.2) is 0 Å². The second kappa shape index (κ2) is 5.18. The van der Waals surface area contributed by atoms with Crippen molar-refractivity contribution in [1.29, 1.82) is 0 Å². The van der Waals surface area contributed by atoms with Gasteiger partial charge in [0.2, 0.25) is 0 Å². The number of benzene rings is 1. The molecule has 0 aliphatic rings. The maximum Gasteiger partial charge on any atom is 0.251 e. The van der Waals surface area contributed by atoms with E-state index in [2.05, 4.69) is 17.2 Å². The van der Waals surface area contributed by atoms with E-state index in [4.69, 9.17) is 5.73 Å². The average molecular weight is 202 g/mol. The fourth-order valence-electron chi connectivity index (χ4n) is 1.24. The Labute approximate surface area is 89.7 Å². The van der Waals surface area contributed by atoms with Crippen LogP contribution in [0.25, 0.3) is 0 Å². The highest BCUT2D eigenvalue weighted by Gasteiger charge is 2.04. The molecule has 0 bridgehead atoms. The van der Waals surface area contributed by atoms with E-state index >= 15 is 0 Å². The molecule has 1 aromatic rings. The summed E-state index contributed by atoms with van der Waals surface area (Å²) in [5.41, 5.74) is 7.83. The zero-order valence-electron chi connectivity index (χ0n) is 8.92. The molecule has 0 heterocycles. The Morgan fingerprint density at radius 3 is 2.80 bits per heavy atom. The fourth-order valence-corrected chi connectivity index (χ4v) is 1.24. The molecule has 15 heavy (non-hydrogen) atoms. The Morgan fingerprint density at radius 1 is 1.53 bits per heavy atom. The molecule has 0 aromatic heterocycles. The van der Waals surface area contributed by atoms with E-state index in [9.17, 15) is 4.79 Å². The van der Waals surface area contributed by atoms with Crippen LogP contribution in [0.1, 0.15) is 21.5 Å². The third-order valence-electron chi connectivity index (χ3n) is 2.04. The molecule has 1 rings (SSSR count). The SMILES string of the molecule is CNC(=O)c1ccc(C#CCN)c(C)c1. The minimum absolute atomic E-state index is 0.0866. The van der Waals surface area contributed by atoms with Crippen molar-refractivity contribution in [3.8, 4) is 11.8 Å². The van der Waals surface area contributed by atoms with Gasteiger partial charge < -0.3 is 11.1 Å². The second-order valence-electron chi connectivity index (χ2n) is 3.11. The Hall–Kier alpha value is -1.79. The molecular weight excluding hydrogens is 188 g/mol. The number of rotatable bonds is 1. The molecule has 3 heteroatoms. The van der Waals surface area contributed by atoms with E-state index in [0.717, 1.165) is 11.1 Å². The molecule has 0 fully saturated rings. The van der Waals surface area contributed by atoms with Crippen LogP contribution in [0.3, 0.4) is 0 Å². The molecule has 0 aliphatic carbocycles. The number of aryl methyl sites for hydroxylation is 1. The van der Waals surface area contributed by atoms with Crippen LogP contribution in [0.2, 0.25) is 0 Å². The second-order valence-corrected chi connectivity index (χ2v) is 3.11. The van der Waals surface area contributed by atoms with E-state index in [1.807, 2.05) is 19.1 Å². The topological polar surface area (TPSA) is 55.1 Å². The van der Waals surface area contributed by atoms with Crippen molar-refractivity contribution in [2.24, 2.45) is 5.73 Å². The van der Waals surface area contributed by atoms with Crippen LogP contribution in [0.4, 0.5) is 0 Å². The minimum Gasteiger partial charge on any atom is -0.355 e. The molecule has 0 radical (unpaired) electrons. The summed E-state index contributed by atoms with van der Waals surface area (Å²) < 4.78 is 0. The van der Waals surface area contributed by atoms with E-state index in [1.165, 1.54) is 0 Å². The van der Waals surface area contributed by atoms with Gasteiger partial charge in [0.05, 0.1) is 6.54 Å². The van der Waals surface area contributed by atoms with E-state index in [0.29, 0.717) is 12.1 Å². The van der Waals surface area contributed by atoms with Gasteiger partial charge in [-0.3, -0.25) is 4.79 Å². The van der Waals surface area contributed by atoms with Crippen molar-refractivity contribution in [3.05, 3.63) is 34.9 Å². The summed E-state index contributed by atoms with van der Waals surface area (Å²) >= 11 is 0. The van der Waals surface area contributed by atoms with Crippen LogP contribution in [0, 0.1) is 18.8 Å². The molecule has 0 atom stereocenters. The van der Waals surface area contributed by atoms with Crippen LogP contribution < -0.4 is 11.1 Å². The number of carbonyl (C=O) groups is 1. The summed E-state index contributed by atoms with van der Waals surface area (Å²) in [4.78, 5) is 11.3. The lowest BCUT2D eigenvalue weighted by Gasteiger charge is -2.02. The number of nitrogens with one attached hydrogen (secondary N) is 1. The average Bonchev–Trinajstić information content (AvgIpc) is 2.26. The van der Waals surface area contributed by atoms with E-state index < -0.39 is 0 Å². The fraction of sp³-hybridized carbons (Fsp3) is 0.250. The molecule has 78 valence electrons. The molecule has 0 saturated heterocycles. The monoisotopic (exact) mass is 202 g/mol. The standard InChI is InChI=1S/C12H14N2O/c1-9-8-11(12(15)14-2)6-5-10(9)4-3-7-13/h5-6,8H,7,13H2,1-2H3,(H,14,15). The zero-order valence-corrected chi connectivity index (χ0v) is 8.92. The highest BCUT2D eigenvalue weighted by Crippen LogP contribution is 2.09. The van der Waals surface area contributed by atoms with Crippen molar-refractivity contribution < 1.29 is 4.79 Å². The number of amides is 1.